The first-order valence-electron chi connectivity index (χ1n) is 11.5. The number of aryl methyl sites for hydroxylation is 1. The van der Waals surface area contributed by atoms with Crippen molar-refractivity contribution >= 4 is 23.4 Å². The highest BCUT2D eigenvalue weighted by molar-refractivity contribution is 7.07. The molecule has 0 saturated heterocycles. The lowest BCUT2D eigenvalue weighted by atomic mass is 9.97. The molecule has 0 fully saturated rings. The third kappa shape index (κ3) is 4.79. The summed E-state index contributed by atoms with van der Waals surface area (Å²) < 4.78 is 23.9. The Morgan fingerprint density at radius 2 is 1.78 bits per heavy atom. The molecule has 0 bridgehead atoms. The van der Waals surface area contributed by atoms with Gasteiger partial charge >= 0.3 is 5.97 Å². The van der Waals surface area contributed by atoms with Crippen molar-refractivity contribution in [2.24, 2.45) is 4.99 Å². The lowest BCUT2D eigenvalue weighted by Gasteiger charge is -2.23. The maximum Gasteiger partial charge on any atom is 0.337 e. The van der Waals surface area contributed by atoms with Crippen LogP contribution in [0.15, 0.2) is 58.0 Å². The van der Waals surface area contributed by atoms with E-state index in [4.69, 9.17) is 18.9 Å². The molecule has 0 unspecified atom stereocenters. The minimum absolute atomic E-state index is 0.251. The third-order valence-electron chi connectivity index (χ3n) is 5.72. The molecule has 0 saturated carbocycles. The van der Waals surface area contributed by atoms with Gasteiger partial charge in [0.25, 0.3) is 5.56 Å². The van der Waals surface area contributed by atoms with E-state index in [1.165, 1.54) is 29.2 Å². The monoisotopic (exact) mass is 508 g/mol. The Labute approximate surface area is 212 Å². The Hall–Kier alpha value is -3.85. The van der Waals surface area contributed by atoms with E-state index in [1.807, 2.05) is 51.1 Å². The summed E-state index contributed by atoms with van der Waals surface area (Å²) in [7, 11) is 2.93. The molecule has 2 aromatic carbocycles. The number of hydrogen-bond donors (Lipinski definition) is 0. The SMILES string of the molecule is CCOc1ccc([C@H]2C(C(=O)OC)=CN=c3s/c(=C\c4ccc(OC)c(C)c4)c(=O)n32)cc1OCC. The van der Waals surface area contributed by atoms with E-state index >= 15 is 0 Å². The highest BCUT2D eigenvalue weighted by Gasteiger charge is 2.31. The molecular formula is C27H28N2O6S. The number of fused-ring (bicyclic) bond motifs is 1. The Morgan fingerprint density at radius 3 is 2.44 bits per heavy atom. The molecule has 0 amide bonds. The number of nitrogens with zero attached hydrogens (tertiary/aromatic N) is 2. The van der Waals surface area contributed by atoms with Gasteiger partial charge in [-0.2, -0.15) is 0 Å². The fourth-order valence-corrected chi connectivity index (χ4v) is 5.10. The summed E-state index contributed by atoms with van der Waals surface area (Å²) >= 11 is 1.26. The second-order valence-corrected chi connectivity index (χ2v) is 8.99. The van der Waals surface area contributed by atoms with Crippen LogP contribution in [-0.2, 0) is 9.53 Å². The lowest BCUT2D eigenvalue weighted by Crippen LogP contribution is -2.39. The van der Waals surface area contributed by atoms with Gasteiger partial charge in [0, 0.05) is 6.20 Å². The first-order chi connectivity index (χ1) is 17.4. The highest BCUT2D eigenvalue weighted by atomic mass is 32.1. The number of rotatable bonds is 8. The molecule has 0 aliphatic carbocycles. The average molecular weight is 509 g/mol. The number of benzene rings is 2. The molecule has 188 valence electrons. The fourth-order valence-electron chi connectivity index (χ4n) is 4.13. The van der Waals surface area contributed by atoms with Crippen LogP contribution in [0.1, 0.15) is 36.6 Å². The van der Waals surface area contributed by atoms with Gasteiger partial charge in [0.15, 0.2) is 16.3 Å². The topological polar surface area (TPSA) is 88.4 Å². The molecule has 9 heteroatoms. The highest BCUT2D eigenvalue weighted by Crippen LogP contribution is 2.35. The molecule has 0 N–H and O–H groups in total. The average Bonchev–Trinajstić information content (AvgIpc) is 3.19. The largest absolute Gasteiger partial charge is 0.496 e. The van der Waals surface area contributed by atoms with Crippen LogP contribution in [-0.4, -0.2) is 38.0 Å². The van der Waals surface area contributed by atoms with Crippen molar-refractivity contribution in [3.05, 3.63) is 84.5 Å². The van der Waals surface area contributed by atoms with Crippen LogP contribution < -0.4 is 29.1 Å². The van der Waals surface area contributed by atoms with Crippen LogP contribution in [0.5, 0.6) is 17.2 Å². The lowest BCUT2D eigenvalue weighted by molar-refractivity contribution is -0.136. The fraction of sp³-hybridized carbons (Fsp3) is 0.296. The van der Waals surface area contributed by atoms with Gasteiger partial charge in [-0.25, -0.2) is 9.79 Å². The Morgan fingerprint density at radius 1 is 1.06 bits per heavy atom. The molecule has 1 aliphatic heterocycles. The number of aromatic nitrogens is 1. The van der Waals surface area contributed by atoms with Crippen molar-refractivity contribution in [3.8, 4) is 17.2 Å². The van der Waals surface area contributed by atoms with E-state index in [-0.39, 0.29) is 11.1 Å². The third-order valence-corrected chi connectivity index (χ3v) is 6.72. The number of carbonyl (C=O) groups is 1. The number of hydrogen-bond acceptors (Lipinski definition) is 8. The number of ether oxygens (including phenoxy) is 4. The Balaban J connectivity index is 1.89. The van der Waals surface area contributed by atoms with E-state index in [2.05, 4.69) is 4.99 Å². The normalized spacial score (nSPS) is 15.0. The van der Waals surface area contributed by atoms with Gasteiger partial charge in [-0.3, -0.25) is 9.36 Å². The molecule has 1 aromatic heterocycles. The van der Waals surface area contributed by atoms with Gasteiger partial charge < -0.3 is 18.9 Å². The van der Waals surface area contributed by atoms with Crippen LogP contribution in [0.3, 0.4) is 0 Å². The molecule has 3 aromatic rings. The molecule has 1 aliphatic rings. The summed E-state index contributed by atoms with van der Waals surface area (Å²) in [5.74, 6) is 1.34. The van der Waals surface area contributed by atoms with Crippen molar-refractivity contribution in [2.75, 3.05) is 27.4 Å². The molecular weight excluding hydrogens is 480 g/mol. The first kappa shape index (κ1) is 25.2. The number of thiazole rings is 1. The van der Waals surface area contributed by atoms with Crippen LogP contribution >= 0.6 is 11.3 Å². The molecule has 36 heavy (non-hydrogen) atoms. The van der Waals surface area contributed by atoms with Crippen LogP contribution in [0, 0.1) is 6.92 Å². The van der Waals surface area contributed by atoms with Crippen LogP contribution in [0.4, 0.5) is 0 Å². The second kappa shape index (κ2) is 10.8. The van der Waals surface area contributed by atoms with Gasteiger partial charge in [0.2, 0.25) is 0 Å². The van der Waals surface area contributed by atoms with E-state index < -0.39 is 12.0 Å². The zero-order valence-electron chi connectivity index (χ0n) is 20.9. The zero-order valence-corrected chi connectivity index (χ0v) is 21.7. The standard InChI is InChI=1S/C27H28N2O6S/c1-6-34-21-11-9-18(14-22(21)35-7-2)24-19(26(31)33-5)15-28-27-29(24)25(30)23(36-27)13-17-8-10-20(32-4)16(3)12-17/h8-15,24H,6-7H2,1-5H3/b23-13-/t24-/m0/s1. The smallest absolute Gasteiger partial charge is 0.337 e. The molecule has 1 atom stereocenters. The maximum absolute atomic E-state index is 13.7. The van der Waals surface area contributed by atoms with E-state index in [0.717, 1.165) is 16.9 Å². The predicted octanol–water partition coefficient (Wildman–Crippen LogP) is 3.13. The molecule has 0 radical (unpaired) electrons. The summed E-state index contributed by atoms with van der Waals surface area (Å²) in [4.78, 5) is 31.3. The number of esters is 1. The van der Waals surface area contributed by atoms with E-state index in [9.17, 15) is 9.59 Å². The van der Waals surface area contributed by atoms with Crippen molar-refractivity contribution in [1.82, 2.24) is 4.57 Å². The van der Waals surface area contributed by atoms with Crippen LogP contribution in [0.2, 0.25) is 0 Å². The van der Waals surface area contributed by atoms with Crippen molar-refractivity contribution in [1.29, 1.82) is 0 Å². The number of carbonyl (C=O) groups excluding carboxylic acids is 1. The predicted molar refractivity (Wildman–Crippen MR) is 138 cm³/mol. The van der Waals surface area contributed by atoms with Gasteiger partial charge in [-0.05, 0) is 67.8 Å². The van der Waals surface area contributed by atoms with E-state index in [0.29, 0.717) is 39.6 Å². The van der Waals surface area contributed by atoms with Gasteiger partial charge in [0.1, 0.15) is 5.75 Å². The Kier molecular flexibility index (Phi) is 7.59. The summed E-state index contributed by atoms with van der Waals surface area (Å²) in [5.41, 5.74) is 2.51. The minimum atomic E-state index is -0.733. The van der Waals surface area contributed by atoms with Crippen LogP contribution in [0.25, 0.3) is 6.08 Å². The summed E-state index contributed by atoms with van der Waals surface area (Å²) in [6, 6.07) is 10.4. The molecule has 8 nitrogen and oxygen atoms in total. The summed E-state index contributed by atoms with van der Waals surface area (Å²) in [5, 5.41) is 0. The van der Waals surface area contributed by atoms with Crippen molar-refractivity contribution in [3.63, 3.8) is 0 Å². The minimum Gasteiger partial charge on any atom is -0.496 e. The first-order valence-corrected chi connectivity index (χ1v) is 12.4. The van der Waals surface area contributed by atoms with Gasteiger partial charge in [-0.15, -0.1) is 0 Å². The zero-order chi connectivity index (χ0) is 25.8. The van der Waals surface area contributed by atoms with Crippen molar-refractivity contribution < 1.29 is 23.7 Å². The number of methoxy groups -OCH3 is 2. The quantitative estimate of drug-likeness (QED) is 0.435. The van der Waals surface area contributed by atoms with Gasteiger partial charge in [-0.1, -0.05) is 23.5 Å². The second-order valence-electron chi connectivity index (χ2n) is 7.98. The summed E-state index contributed by atoms with van der Waals surface area (Å²) in [6.45, 7) is 6.64. The van der Waals surface area contributed by atoms with Gasteiger partial charge in [0.05, 0.1) is 43.6 Å². The van der Waals surface area contributed by atoms with E-state index in [1.54, 1.807) is 19.2 Å². The summed E-state index contributed by atoms with van der Waals surface area (Å²) in [6.07, 6.45) is 3.29. The Bertz CT molecular complexity index is 1500. The molecule has 2 heterocycles. The van der Waals surface area contributed by atoms with Crippen molar-refractivity contribution in [2.45, 2.75) is 26.8 Å². The maximum atomic E-state index is 13.7. The molecule has 4 rings (SSSR count). The molecule has 0 spiro atoms.